The molecule has 1 amide bonds. The fourth-order valence-electron chi connectivity index (χ4n) is 2.97. The lowest BCUT2D eigenvalue weighted by Gasteiger charge is -2.23. The third-order valence-electron chi connectivity index (χ3n) is 4.38. The predicted molar refractivity (Wildman–Crippen MR) is 113 cm³/mol. The first-order chi connectivity index (χ1) is 14.4. The van der Waals surface area contributed by atoms with Gasteiger partial charge in [-0.25, -0.2) is 4.39 Å². The normalized spacial score (nSPS) is 10.5. The van der Waals surface area contributed by atoms with Gasteiger partial charge >= 0.3 is 5.97 Å². The van der Waals surface area contributed by atoms with Crippen molar-refractivity contribution in [3.05, 3.63) is 87.9 Å². The summed E-state index contributed by atoms with van der Waals surface area (Å²) < 4.78 is 19.5. The van der Waals surface area contributed by atoms with E-state index in [0.717, 1.165) is 0 Å². The molecule has 0 bridgehead atoms. The van der Waals surface area contributed by atoms with Gasteiger partial charge in [0.25, 0.3) is 5.91 Å². The number of pyridine rings is 1. The van der Waals surface area contributed by atoms with Gasteiger partial charge in [-0.2, -0.15) is 0 Å². The lowest BCUT2D eigenvalue weighted by molar-refractivity contribution is -0.141. The fourth-order valence-corrected chi connectivity index (χ4v) is 3.47. The first-order valence-electron chi connectivity index (χ1n) is 8.89. The predicted octanol–water partition coefficient (Wildman–Crippen LogP) is 5.01. The zero-order chi connectivity index (χ0) is 21.7. The minimum Gasteiger partial charge on any atom is -0.468 e. The van der Waals surface area contributed by atoms with E-state index in [1.807, 2.05) is 0 Å². The van der Waals surface area contributed by atoms with Gasteiger partial charge in [-0.05, 0) is 35.9 Å². The maximum absolute atomic E-state index is 14.8. The van der Waals surface area contributed by atoms with E-state index in [9.17, 15) is 14.0 Å². The van der Waals surface area contributed by atoms with Gasteiger partial charge in [0, 0.05) is 35.1 Å². The smallest absolute Gasteiger partial charge is 0.325 e. The summed E-state index contributed by atoms with van der Waals surface area (Å²) in [5.74, 6) is -1.77. The highest BCUT2D eigenvalue weighted by Crippen LogP contribution is 2.35. The van der Waals surface area contributed by atoms with Gasteiger partial charge in [0.2, 0.25) is 0 Å². The molecule has 0 aliphatic carbocycles. The number of rotatable bonds is 6. The number of amides is 1. The highest BCUT2D eigenvalue weighted by molar-refractivity contribution is 6.36. The van der Waals surface area contributed by atoms with E-state index in [2.05, 4.69) is 4.98 Å². The van der Waals surface area contributed by atoms with Crippen molar-refractivity contribution in [3.63, 3.8) is 0 Å². The zero-order valence-corrected chi connectivity index (χ0v) is 17.5. The summed E-state index contributed by atoms with van der Waals surface area (Å²) in [6.07, 6.45) is 3.18. The second-order valence-electron chi connectivity index (χ2n) is 6.39. The molecule has 0 saturated heterocycles. The van der Waals surface area contributed by atoms with Crippen LogP contribution >= 0.6 is 23.2 Å². The average molecular weight is 447 g/mol. The van der Waals surface area contributed by atoms with Crippen LogP contribution in [0, 0.1) is 5.82 Å². The molecule has 2 aromatic carbocycles. The summed E-state index contributed by atoms with van der Waals surface area (Å²) in [6, 6.07) is 12.2. The molecule has 3 rings (SSSR count). The van der Waals surface area contributed by atoms with E-state index in [0.29, 0.717) is 16.1 Å². The molecule has 0 aliphatic rings. The van der Waals surface area contributed by atoms with Crippen LogP contribution in [0.4, 0.5) is 4.39 Å². The maximum atomic E-state index is 14.8. The van der Waals surface area contributed by atoms with Crippen molar-refractivity contribution in [2.75, 3.05) is 13.7 Å². The fraction of sp³-hybridized carbons (Fsp3) is 0.136. The molecule has 3 aromatic rings. The number of methoxy groups -OCH3 is 1. The molecule has 0 aliphatic heterocycles. The molecule has 0 unspecified atom stereocenters. The van der Waals surface area contributed by atoms with Gasteiger partial charge < -0.3 is 9.64 Å². The highest BCUT2D eigenvalue weighted by Gasteiger charge is 2.25. The summed E-state index contributed by atoms with van der Waals surface area (Å²) in [5.41, 5.74) is 1.12. The third kappa shape index (κ3) is 4.96. The van der Waals surface area contributed by atoms with Crippen molar-refractivity contribution < 1.29 is 18.7 Å². The minimum absolute atomic E-state index is 0.0326. The molecule has 1 aromatic heterocycles. The number of carbonyl (C=O) groups is 2. The molecule has 0 saturated carbocycles. The standard InChI is InChI=1S/C22H17Cl2FN2O3/c1-30-20(28)13-27(12-14-4-3-9-26-11-14)22(29)17-5-2-6-19(25)21(17)16-8-7-15(23)10-18(16)24/h2-11H,12-13H2,1H3. The Hall–Kier alpha value is -2.96. The first kappa shape index (κ1) is 21.7. The molecule has 1 heterocycles. The number of ether oxygens (including phenoxy) is 1. The van der Waals surface area contributed by atoms with E-state index < -0.39 is 17.7 Å². The third-order valence-corrected chi connectivity index (χ3v) is 4.92. The number of aromatic nitrogens is 1. The minimum atomic E-state index is -0.621. The lowest BCUT2D eigenvalue weighted by atomic mass is 9.97. The van der Waals surface area contributed by atoms with Crippen molar-refractivity contribution in [1.29, 1.82) is 0 Å². The summed E-state index contributed by atoms with van der Waals surface area (Å²) in [7, 11) is 1.23. The Morgan fingerprint density at radius 2 is 1.93 bits per heavy atom. The number of carbonyl (C=O) groups excluding carboxylic acids is 2. The molecule has 5 nitrogen and oxygen atoms in total. The van der Waals surface area contributed by atoms with Crippen LogP contribution in [0.15, 0.2) is 60.9 Å². The Morgan fingerprint density at radius 1 is 1.13 bits per heavy atom. The monoisotopic (exact) mass is 446 g/mol. The van der Waals surface area contributed by atoms with Gasteiger partial charge in [0.05, 0.1) is 17.7 Å². The van der Waals surface area contributed by atoms with Crippen molar-refractivity contribution >= 4 is 35.1 Å². The van der Waals surface area contributed by atoms with E-state index in [4.69, 9.17) is 27.9 Å². The molecule has 154 valence electrons. The molecule has 8 heteroatoms. The number of benzene rings is 2. The molecule has 0 fully saturated rings. The summed E-state index contributed by atoms with van der Waals surface area (Å²) in [4.78, 5) is 30.6. The number of esters is 1. The van der Waals surface area contributed by atoms with Crippen LogP contribution in [-0.4, -0.2) is 35.4 Å². The topological polar surface area (TPSA) is 59.5 Å². The Bertz CT molecular complexity index is 1080. The van der Waals surface area contributed by atoms with Crippen LogP contribution in [0.25, 0.3) is 11.1 Å². The molecule has 0 spiro atoms. The van der Waals surface area contributed by atoms with Gasteiger partial charge in [-0.15, -0.1) is 0 Å². The van der Waals surface area contributed by atoms with Crippen molar-refractivity contribution in [2.45, 2.75) is 6.54 Å². The van der Waals surface area contributed by atoms with Crippen LogP contribution in [0.2, 0.25) is 10.0 Å². The summed E-state index contributed by atoms with van der Waals surface area (Å²) >= 11 is 12.2. The first-order valence-corrected chi connectivity index (χ1v) is 9.65. The molecule has 0 radical (unpaired) electrons. The molecule has 0 N–H and O–H groups in total. The van der Waals surface area contributed by atoms with Crippen molar-refractivity contribution in [3.8, 4) is 11.1 Å². The molecular weight excluding hydrogens is 430 g/mol. The number of hydrogen-bond acceptors (Lipinski definition) is 4. The van der Waals surface area contributed by atoms with Crippen LogP contribution in [-0.2, 0) is 16.1 Å². The summed E-state index contributed by atoms with van der Waals surface area (Å²) in [5, 5.41) is 0.588. The van der Waals surface area contributed by atoms with Gasteiger partial charge in [-0.1, -0.05) is 41.4 Å². The summed E-state index contributed by atoms with van der Waals surface area (Å²) in [6.45, 7) is -0.222. The zero-order valence-electron chi connectivity index (χ0n) is 15.9. The Kier molecular flexibility index (Phi) is 7.03. The van der Waals surface area contributed by atoms with E-state index in [1.165, 1.54) is 36.3 Å². The van der Waals surface area contributed by atoms with Gasteiger partial charge in [-0.3, -0.25) is 14.6 Å². The Morgan fingerprint density at radius 3 is 2.60 bits per heavy atom. The second-order valence-corrected chi connectivity index (χ2v) is 7.23. The van der Waals surface area contributed by atoms with Crippen molar-refractivity contribution in [1.82, 2.24) is 9.88 Å². The SMILES string of the molecule is COC(=O)CN(Cc1cccnc1)C(=O)c1cccc(F)c1-c1ccc(Cl)cc1Cl. The molecular formula is C22H17Cl2FN2O3. The molecule has 30 heavy (non-hydrogen) atoms. The van der Waals surface area contributed by atoms with Crippen LogP contribution in [0.3, 0.4) is 0 Å². The average Bonchev–Trinajstić information content (AvgIpc) is 2.74. The Balaban J connectivity index is 2.06. The van der Waals surface area contributed by atoms with Crippen molar-refractivity contribution in [2.24, 2.45) is 0 Å². The second kappa shape index (κ2) is 9.69. The highest BCUT2D eigenvalue weighted by atomic mass is 35.5. The van der Waals surface area contributed by atoms with E-state index >= 15 is 0 Å². The van der Waals surface area contributed by atoms with Crippen LogP contribution in [0.1, 0.15) is 15.9 Å². The number of nitrogens with zero attached hydrogens (tertiary/aromatic N) is 2. The van der Waals surface area contributed by atoms with E-state index in [-0.39, 0.29) is 29.2 Å². The van der Waals surface area contributed by atoms with Crippen LogP contribution < -0.4 is 0 Å². The Labute approximate surface area is 183 Å². The van der Waals surface area contributed by atoms with Crippen LogP contribution in [0.5, 0.6) is 0 Å². The lowest BCUT2D eigenvalue weighted by Crippen LogP contribution is -2.36. The quantitative estimate of drug-likeness (QED) is 0.499. The number of hydrogen-bond donors (Lipinski definition) is 0. The largest absolute Gasteiger partial charge is 0.468 e. The molecule has 0 atom stereocenters. The maximum Gasteiger partial charge on any atom is 0.325 e. The van der Waals surface area contributed by atoms with Gasteiger partial charge in [0.1, 0.15) is 12.4 Å². The van der Waals surface area contributed by atoms with E-state index in [1.54, 1.807) is 36.7 Å². The number of halogens is 3. The van der Waals surface area contributed by atoms with Gasteiger partial charge in [0.15, 0.2) is 0 Å².